The first-order chi connectivity index (χ1) is 5.95. The molecular weight excluding hydrogens is 260 g/mol. The molecule has 1 aromatic rings. The molecule has 0 saturated heterocycles. The third-order valence-electron chi connectivity index (χ3n) is 1.40. The van der Waals surface area contributed by atoms with Crippen LogP contribution in [0.3, 0.4) is 0 Å². The zero-order chi connectivity index (χ0) is 10.1. The van der Waals surface area contributed by atoms with Crippen LogP contribution in [0.25, 0.3) is 0 Å². The van der Waals surface area contributed by atoms with E-state index in [9.17, 15) is 8.42 Å². The van der Waals surface area contributed by atoms with Gasteiger partial charge in [-0.2, -0.15) is 8.42 Å². The number of methoxy groups -OCH3 is 1. The van der Waals surface area contributed by atoms with Crippen molar-refractivity contribution in [2.45, 2.75) is 4.90 Å². The van der Waals surface area contributed by atoms with Gasteiger partial charge in [-0.15, -0.1) is 0 Å². The van der Waals surface area contributed by atoms with E-state index in [1.807, 2.05) is 0 Å². The highest BCUT2D eigenvalue weighted by Gasteiger charge is 2.15. The molecule has 1 rings (SSSR count). The third kappa shape index (κ3) is 2.43. The first-order valence-corrected chi connectivity index (χ1v) is 5.49. The Morgan fingerprint density at radius 3 is 2.54 bits per heavy atom. The van der Waals surface area contributed by atoms with Gasteiger partial charge in [0.1, 0.15) is 10.6 Å². The van der Waals surface area contributed by atoms with Crippen molar-refractivity contribution in [3.63, 3.8) is 0 Å². The first kappa shape index (κ1) is 10.5. The summed E-state index contributed by atoms with van der Waals surface area (Å²) in [6.45, 7) is 0. The van der Waals surface area contributed by atoms with E-state index in [1.165, 1.54) is 25.3 Å². The summed E-state index contributed by atoms with van der Waals surface area (Å²) in [6.07, 6.45) is 0. The second kappa shape index (κ2) is 3.65. The number of ether oxygens (including phenoxy) is 1. The van der Waals surface area contributed by atoms with Gasteiger partial charge in [-0.05, 0) is 18.2 Å². The Morgan fingerprint density at radius 1 is 1.46 bits per heavy atom. The lowest BCUT2D eigenvalue weighted by molar-refractivity contribution is 0.397. The van der Waals surface area contributed by atoms with Crippen molar-refractivity contribution in [1.29, 1.82) is 0 Å². The Bertz CT molecular complexity index is 413. The van der Waals surface area contributed by atoms with Crippen LogP contribution in [0, 0.1) is 0 Å². The minimum absolute atomic E-state index is 0.108. The minimum atomic E-state index is -4.21. The van der Waals surface area contributed by atoms with E-state index < -0.39 is 10.1 Å². The molecule has 13 heavy (non-hydrogen) atoms. The topological polar surface area (TPSA) is 63.6 Å². The highest BCUT2D eigenvalue weighted by molar-refractivity contribution is 9.10. The summed E-state index contributed by atoms with van der Waals surface area (Å²) in [7, 11) is -2.88. The van der Waals surface area contributed by atoms with Crippen molar-refractivity contribution in [1.82, 2.24) is 0 Å². The molecule has 4 nitrogen and oxygen atoms in total. The van der Waals surface area contributed by atoms with Crippen LogP contribution in [0.1, 0.15) is 0 Å². The van der Waals surface area contributed by atoms with Gasteiger partial charge in [-0.1, -0.05) is 15.9 Å². The van der Waals surface area contributed by atoms with Crippen molar-refractivity contribution < 1.29 is 17.7 Å². The van der Waals surface area contributed by atoms with Crippen LogP contribution < -0.4 is 4.74 Å². The van der Waals surface area contributed by atoms with Crippen LogP contribution in [0.5, 0.6) is 5.75 Å². The Morgan fingerprint density at radius 2 is 2.08 bits per heavy atom. The van der Waals surface area contributed by atoms with Crippen LogP contribution in [0.2, 0.25) is 0 Å². The molecule has 0 radical (unpaired) electrons. The molecular formula is C7H7BrO4S. The molecule has 72 valence electrons. The standard InChI is InChI=1S/C7H7BrO4S/c1-12-6-4-5(8)2-3-7(6)13(9,10)11/h2-4H,1H3,(H,9,10,11). The van der Waals surface area contributed by atoms with E-state index in [-0.39, 0.29) is 10.6 Å². The smallest absolute Gasteiger partial charge is 0.298 e. The van der Waals surface area contributed by atoms with Crippen LogP contribution in [0.15, 0.2) is 27.6 Å². The molecule has 0 spiro atoms. The summed E-state index contributed by atoms with van der Waals surface area (Å²) in [4.78, 5) is -0.238. The normalized spacial score (nSPS) is 11.3. The molecule has 1 N–H and O–H groups in total. The molecule has 0 fully saturated rings. The summed E-state index contributed by atoms with van der Waals surface area (Å²) in [5.74, 6) is 0.108. The number of hydrogen-bond donors (Lipinski definition) is 1. The van der Waals surface area contributed by atoms with Gasteiger partial charge in [0, 0.05) is 4.47 Å². The van der Waals surface area contributed by atoms with Gasteiger partial charge in [0.2, 0.25) is 0 Å². The fourth-order valence-electron chi connectivity index (χ4n) is 0.855. The Balaban J connectivity index is 3.39. The molecule has 0 atom stereocenters. The maximum absolute atomic E-state index is 10.8. The minimum Gasteiger partial charge on any atom is -0.495 e. The highest BCUT2D eigenvalue weighted by Crippen LogP contribution is 2.26. The summed E-state index contributed by atoms with van der Waals surface area (Å²) in [6, 6.07) is 4.23. The molecule has 0 aromatic heterocycles. The molecule has 0 unspecified atom stereocenters. The predicted molar refractivity (Wildman–Crippen MR) is 50.5 cm³/mol. The number of halogens is 1. The Labute approximate surface area is 84.4 Å². The predicted octanol–water partition coefficient (Wildman–Crippen LogP) is 1.70. The highest BCUT2D eigenvalue weighted by atomic mass is 79.9. The zero-order valence-electron chi connectivity index (χ0n) is 6.69. The Kier molecular flexibility index (Phi) is 2.94. The van der Waals surface area contributed by atoms with E-state index in [0.29, 0.717) is 4.47 Å². The van der Waals surface area contributed by atoms with Gasteiger partial charge in [-0.3, -0.25) is 4.55 Å². The van der Waals surface area contributed by atoms with E-state index in [4.69, 9.17) is 9.29 Å². The van der Waals surface area contributed by atoms with Gasteiger partial charge >= 0.3 is 0 Å². The number of rotatable bonds is 2. The lowest BCUT2D eigenvalue weighted by Crippen LogP contribution is -2.01. The maximum Gasteiger partial charge on any atom is 0.298 e. The average Bonchev–Trinajstić information content (AvgIpc) is 2.01. The van der Waals surface area contributed by atoms with Gasteiger partial charge in [0.25, 0.3) is 10.1 Å². The molecule has 0 aliphatic carbocycles. The molecule has 6 heteroatoms. The van der Waals surface area contributed by atoms with E-state index in [1.54, 1.807) is 0 Å². The van der Waals surface area contributed by atoms with Gasteiger partial charge in [-0.25, -0.2) is 0 Å². The van der Waals surface area contributed by atoms with E-state index >= 15 is 0 Å². The summed E-state index contributed by atoms with van der Waals surface area (Å²) in [5, 5.41) is 0. The molecule has 0 bridgehead atoms. The van der Waals surface area contributed by atoms with Gasteiger partial charge < -0.3 is 4.74 Å². The molecule has 0 heterocycles. The van der Waals surface area contributed by atoms with Crippen molar-refractivity contribution >= 4 is 26.0 Å². The lowest BCUT2D eigenvalue weighted by Gasteiger charge is -2.05. The van der Waals surface area contributed by atoms with Gasteiger partial charge in [0.05, 0.1) is 7.11 Å². The van der Waals surface area contributed by atoms with Crippen molar-refractivity contribution in [3.05, 3.63) is 22.7 Å². The van der Waals surface area contributed by atoms with Gasteiger partial charge in [0.15, 0.2) is 0 Å². The molecule has 0 amide bonds. The second-order valence-corrected chi connectivity index (χ2v) is 4.58. The van der Waals surface area contributed by atoms with Crippen molar-refractivity contribution in [2.75, 3.05) is 7.11 Å². The monoisotopic (exact) mass is 266 g/mol. The van der Waals surface area contributed by atoms with Crippen molar-refractivity contribution in [3.8, 4) is 5.75 Å². The van der Waals surface area contributed by atoms with E-state index in [2.05, 4.69) is 15.9 Å². The van der Waals surface area contributed by atoms with Crippen LogP contribution >= 0.6 is 15.9 Å². The molecule has 1 aromatic carbocycles. The summed E-state index contributed by atoms with van der Waals surface area (Å²) in [5.41, 5.74) is 0. The summed E-state index contributed by atoms with van der Waals surface area (Å²) >= 11 is 3.15. The number of hydrogen-bond acceptors (Lipinski definition) is 3. The molecule has 0 saturated carbocycles. The fourth-order valence-corrected chi connectivity index (χ4v) is 1.83. The number of benzene rings is 1. The lowest BCUT2D eigenvalue weighted by atomic mass is 10.3. The van der Waals surface area contributed by atoms with E-state index in [0.717, 1.165) is 0 Å². The van der Waals surface area contributed by atoms with Crippen LogP contribution in [0.4, 0.5) is 0 Å². The van der Waals surface area contributed by atoms with Crippen LogP contribution in [-0.2, 0) is 10.1 Å². The second-order valence-electron chi connectivity index (χ2n) is 2.27. The summed E-state index contributed by atoms with van der Waals surface area (Å²) < 4.78 is 35.8. The maximum atomic E-state index is 10.8. The largest absolute Gasteiger partial charge is 0.495 e. The Hall–Kier alpha value is -0.590. The first-order valence-electron chi connectivity index (χ1n) is 3.26. The third-order valence-corrected chi connectivity index (χ3v) is 2.79. The molecule has 0 aliphatic heterocycles. The molecule has 0 aliphatic rings. The van der Waals surface area contributed by atoms with Crippen molar-refractivity contribution in [2.24, 2.45) is 0 Å². The fraction of sp³-hybridized carbons (Fsp3) is 0.143. The SMILES string of the molecule is COc1cc(Br)ccc1S(=O)(=O)O. The quantitative estimate of drug-likeness (QED) is 0.828. The van der Waals surface area contributed by atoms with Crippen LogP contribution in [-0.4, -0.2) is 20.1 Å². The average molecular weight is 267 g/mol. The zero-order valence-corrected chi connectivity index (χ0v) is 9.09.